The Bertz CT molecular complexity index is 767. The lowest BCUT2D eigenvalue weighted by atomic mass is 10.1. The van der Waals surface area contributed by atoms with E-state index in [0.717, 1.165) is 36.0 Å². The van der Waals surface area contributed by atoms with E-state index in [-0.39, 0.29) is 18.6 Å². The summed E-state index contributed by atoms with van der Waals surface area (Å²) < 4.78 is 15.7. The van der Waals surface area contributed by atoms with Crippen LogP contribution in [0.4, 0.5) is 0 Å². The van der Waals surface area contributed by atoms with Gasteiger partial charge in [-0.1, -0.05) is 12.1 Å². The van der Waals surface area contributed by atoms with Crippen molar-refractivity contribution in [3.63, 3.8) is 0 Å². The molecule has 132 valence electrons. The third-order valence-electron chi connectivity index (χ3n) is 4.17. The number of amides is 1. The number of ether oxygens (including phenoxy) is 3. The van der Waals surface area contributed by atoms with E-state index in [1.165, 1.54) is 0 Å². The number of fused-ring (bicyclic) bond motifs is 1. The number of methoxy groups -OCH3 is 1. The number of hydrogen-bond donors (Lipinski definition) is 1. The second-order valence-electron chi connectivity index (χ2n) is 5.94. The Balaban J connectivity index is 1.53. The highest BCUT2D eigenvalue weighted by molar-refractivity contribution is 5.96. The van der Waals surface area contributed by atoms with Gasteiger partial charge < -0.3 is 19.5 Å². The molecule has 1 fully saturated rings. The molecule has 0 aliphatic carbocycles. The molecule has 1 N–H and O–H groups in total. The molecule has 1 saturated heterocycles. The Morgan fingerprint density at radius 3 is 2.76 bits per heavy atom. The average Bonchev–Trinajstić information content (AvgIpc) is 3.17. The third kappa shape index (κ3) is 4.48. The van der Waals surface area contributed by atoms with Crippen molar-refractivity contribution in [2.24, 2.45) is 0 Å². The number of nitrogens with one attached hydrogen (secondary N) is 1. The fourth-order valence-corrected chi connectivity index (χ4v) is 2.78. The van der Waals surface area contributed by atoms with Gasteiger partial charge in [0, 0.05) is 13.2 Å². The summed E-state index contributed by atoms with van der Waals surface area (Å²) in [6.07, 6.45) is 2.03. The van der Waals surface area contributed by atoms with Gasteiger partial charge in [-0.25, -0.2) is 4.79 Å². The van der Waals surface area contributed by atoms with Crippen LogP contribution in [0.15, 0.2) is 36.4 Å². The van der Waals surface area contributed by atoms with Crippen molar-refractivity contribution < 1.29 is 23.8 Å². The maximum atomic E-state index is 12.1. The number of benzene rings is 2. The van der Waals surface area contributed by atoms with Crippen LogP contribution in [0.5, 0.6) is 5.75 Å². The maximum Gasteiger partial charge on any atom is 0.338 e. The molecule has 0 spiro atoms. The largest absolute Gasteiger partial charge is 0.497 e. The van der Waals surface area contributed by atoms with Crippen molar-refractivity contribution in [2.45, 2.75) is 18.9 Å². The van der Waals surface area contributed by atoms with Gasteiger partial charge in [-0.05, 0) is 47.9 Å². The summed E-state index contributed by atoms with van der Waals surface area (Å²) in [5, 5.41) is 4.58. The van der Waals surface area contributed by atoms with E-state index in [9.17, 15) is 9.59 Å². The van der Waals surface area contributed by atoms with Gasteiger partial charge in [-0.2, -0.15) is 0 Å². The first kappa shape index (κ1) is 17.2. The van der Waals surface area contributed by atoms with Crippen LogP contribution in [0.3, 0.4) is 0 Å². The third-order valence-corrected chi connectivity index (χ3v) is 4.17. The van der Waals surface area contributed by atoms with Crippen LogP contribution in [0.2, 0.25) is 0 Å². The first-order chi connectivity index (χ1) is 12.2. The molecule has 1 amide bonds. The zero-order chi connectivity index (χ0) is 17.6. The highest BCUT2D eigenvalue weighted by Gasteiger charge is 2.17. The van der Waals surface area contributed by atoms with Crippen molar-refractivity contribution in [2.75, 3.05) is 26.9 Å². The average molecular weight is 343 g/mol. The number of carbonyl (C=O) groups excluding carboxylic acids is 2. The van der Waals surface area contributed by atoms with Gasteiger partial charge in [0.2, 0.25) is 0 Å². The van der Waals surface area contributed by atoms with Crippen LogP contribution in [0.1, 0.15) is 23.2 Å². The van der Waals surface area contributed by atoms with E-state index >= 15 is 0 Å². The van der Waals surface area contributed by atoms with E-state index < -0.39 is 5.97 Å². The van der Waals surface area contributed by atoms with Gasteiger partial charge in [0.05, 0.1) is 18.8 Å². The quantitative estimate of drug-likeness (QED) is 0.815. The van der Waals surface area contributed by atoms with Crippen LogP contribution in [-0.2, 0) is 14.3 Å². The summed E-state index contributed by atoms with van der Waals surface area (Å²) in [4.78, 5) is 23.9. The fraction of sp³-hybridized carbons (Fsp3) is 0.368. The first-order valence-corrected chi connectivity index (χ1v) is 8.29. The minimum absolute atomic E-state index is 0.0668. The molecule has 25 heavy (non-hydrogen) atoms. The Kier molecular flexibility index (Phi) is 5.50. The van der Waals surface area contributed by atoms with Crippen molar-refractivity contribution >= 4 is 22.6 Å². The van der Waals surface area contributed by atoms with E-state index in [1.807, 2.05) is 24.3 Å². The molecule has 6 heteroatoms. The minimum Gasteiger partial charge on any atom is -0.497 e. The van der Waals surface area contributed by atoms with Crippen LogP contribution < -0.4 is 10.1 Å². The lowest BCUT2D eigenvalue weighted by Gasteiger charge is -2.11. The lowest BCUT2D eigenvalue weighted by molar-refractivity contribution is -0.124. The Morgan fingerprint density at radius 2 is 2.00 bits per heavy atom. The van der Waals surface area contributed by atoms with Gasteiger partial charge in [-0.15, -0.1) is 0 Å². The Morgan fingerprint density at radius 1 is 1.20 bits per heavy atom. The van der Waals surface area contributed by atoms with Gasteiger partial charge in [0.15, 0.2) is 6.61 Å². The van der Waals surface area contributed by atoms with Crippen LogP contribution >= 0.6 is 0 Å². The van der Waals surface area contributed by atoms with Crippen LogP contribution in [-0.4, -0.2) is 44.8 Å². The zero-order valence-corrected chi connectivity index (χ0v) is 14.1. The minimum atomic E-state index is -0.523. The molecule has 2 aromatic rings. The second kappa shape index (κ2) is 7.98. The summed E-state index contributed by atoms with van der Waals surface area (Å²) in [5.41, 5.74) is 0.407. The number of carbonyl (C=O) groups is 2. The fourth-order valence-electron chi connectivity index (χ4n) is 2.78. The summed E-state index contributed by atoms with van der Waals surface area (Å²) >= 11 is 0. The van der Waals surface area contributed by atoms with Gasteiger partial charge in [-0.3, -0.25) is 4.79 Å². The zero-order valence-electron chi connectivity index (χ0n) is 14.1. The van der Waals surface area contributed by atoms with Crippen molar-refractivity contribution in [1.29, 1.82) is 0 Å². The molecule has 1 aliphatic heterocycles. The van der Waals surface area contributed by atoms with E-state index in [1.54, 1.807) is 19.2 Å². The van der Waals surface area contributed by atoms with Gasteiger partial charge in [0.25, 0.3) is 5.91 Å². The molecule has 1 unspecified atom stereocenters. The van der Waals surface area contributed by atoms with E-state index in [4.69, 9.17) is 14.2 Å². The molecule has 1 aliphatic rings. The van der Waals surface area contributed by atoms with Gasteiger partial charge >= 0.3 is 5.97 Å². The molecule has 6 nitrogen and oxygen atoms in total. The van der Waals surface area contributed by atoms with Crippen LogP contribution in [0.25, 0.3) is 10.8 Å². The summed E-state index contributed by atoms with van der Waals surface area (Å²) in [7, 11) is 1.61. The molecule has 0 radical (unpaired) electrons. The molecule has 0 saturated carbocycles. The number of esters is 1. The Labute approximate surface area is 146 Å². The lowest BCUT2D eigenvalue weighted by Crippen LogP contribution is -2.34. The topological polar surface area (TPSA) is 73.9 Å². The molecule has 1 heterocycles. The van der Waals surface area contributed by atoms with Crippen molar-refractivity contribution in [3.05, 3.63) is 42.0 Å². The second-order valence-corrected chi connectivity index (χ2v) is 5.94. The monoisotopic (exact) mass is 343 g/mol. The predicted molar refractivity (Wildman–Crippen MR) is 92.8 cm³/mol. The summed E-state index contributed by atoms with van der Waals surface area (Å²) in [6, 6.07) is 10.8. The van der Waals surface area contributed by atoms with Gasteiger partial charge in [0.1, 0.15) is 5.75 Å². The smallest absolute Gasteiger partial charge is 0.338 e. The highest BCUT2D eigenvalue weighted by Crippen LogP contribution is 2.22. The number of rotatable bonds is 6. The molecular formula is C19H21NO5. The molecule has 3 rings (SSSR count). The Hall–Kier alpha value is -2.60. The molecular weight excluding hydrogens is 322 g/mol. The standard InChI is InChI=1S/C19H21NO5/c1-23-16-7-6-13-9-15(5-4-14(13)10-16)19(22)25-12-18(21)20-11-17-3-2-8-24-17/h4-7,9-10,17H,2-3,8,11-12H2,1H3,(H,20,21). The molecule has 1 atom stereocenters. The maximum absolute atomic E-state index is 12.1. The highest BCUT2D eigenvalue weighted by atomic mass is 16.5. The summed E-state index contributed by atoms with van der Waals surface area (Å²) in [5.74, 6) is -0.0925. The molecule has 0 bridgehead atoms. The van der Waals surface area contributed by atoms with Crippen molar-refractivity contribution in [1.82, 2.24) is 5.32 Å². The molecule has 0 aromatic heterocycles. The SMILES string of the molecule is COc1ccc2cc(C(=O)OCC(=O)NCC3CCCO3)ccc2c1. The van der Waals surface area contributed by atoms with E-state index in [0.29, 0.717) is 12.1 Å². The van der Waals surface area contributed by atoms with E-state index in [2.05, 4.69) is 5.32 Å². The van der Waals surface area contributed by atoms with Crippen LogP contribution in [0, 0.1) is 0 Å². The molecule has 2 aromatic carbocycles. The summed E-state index contributed by atoms with van der Waals surface area (Å²) in [6.45, 7) is 0.893. The van der Waals surface area contributed by atoms with Crippen molar-refractivity contribution in [3.8, 4) is 5.75 Å². The number of hydrogen-bond acceptors (Lipinski definition) is 5. The predicted octanol–water partition coefficient (Wildman–Crippen LogP) is 2.30. The first-order valence-electron chi connectivity index (χ1n) is 8.29. The normalized spacial score (nSPS) is 16.6.